The maximum atomic E-state index is 9.55. The first-order chi connectivity index (χ1) is 7.10. The summed E-state index contributed by atoms with van der Waals surface area (Å²) in [4.78, 5) is 0. The standard InChI is InChI=1S/C13H18O2/c1-4-10(5-2)11-6-7-13(15)12(8-11)9(3)14/h4,6-9,14-15H,5H2,1-3H3/b10-4-/t9-/m0/s1. The molecule has 2 heteroatoms. The zero-order valence-corrected chi connectivity index (χ0v) is 9.49. The maximum Gasteiger partial charge on any atom is 0.121 e. The third kappa shape index (κ3) is 2.60. The first kappa shape index (κ1) is 11.8. The van der Waals surface area contributed by atoms with Crippen LogP contribution in [-0.2, 0) is 0 Å². The predicted octanol–water partition coefficient (Wildman–Crippen LogP) is 3.26. The Morgan fingerprint density at radius 1 is 1.47 bits per heavy atom. The van der Waals surface area contributed by atoms with E-state index < -0.39 is 6.10 Å². The SMILES string of the molecule is C/C=C(/CC)c1ccc(O)c([C@H](C)O)c1. The van der Waals surface area contributed by atoms with Crippen LogP contribution in [0.4, 0.5) is 0 Å². The molecule has 0 fully saturated rings. The number of phenolic OH excluding ortho intramolecular Hbond substituents is 1. The third-order valence-corrected chi connectivity index (χ3v) is 2.58. The normalized spacial score (nSPS) is 14.0. The molecule has 0 unspecified atom stereocenters. The van der Waals surface area contributed by atoms with Crippen molar-refractivity contribution in [3.63, 3.8) is 0 Å². The van der Waals surface area contributed by atoms with Crippen molar-refractivity contribution in [1.82, 2.24) is 0 Å². The van der Waals surface area contributed by atoms with Crippen molar-refractivity contribution < 1.29 is 10.2 Å². The molecule has 1 atom stereocenters. The minimum Gasteiger partial charge on any atom is -0.508 e. The highest BCUT2D eigenvalue weighted by atomic mass is 16.3. The van der Waals surface area contributed by atoms with Gasteiger partial charge in [-0.3, -0.25) is 0 Å². The van der Waals surface area contributed by atoms with Gasteiger partial charge >= 0.3 is 0 Å². The van der Waals surface area contributed by atoms with Gasteiger partial charge < -0.3 is 10.2 Å². The minimum absolute atomic E-state index is 0.153. The summed E-state index contributed by atoms with van der Waals surface area (Å²) in [6.45, 7) is 5.73. The molecule has 0 aromatic heterocycles. The number of phenols is 1. The number of hydrogen-bond donors (Lipinski definition) is 2. The Balaban J connectivity index is 3.18. The van der Waals surface area contributed by atoms with Gasteiger partial charge in [0.05, 0.1) is 6.10 Å². The molecular formula is C13H18O2. The average Bonchev–Trinajstić information content (AvgIpc) is 2.21. The van der Waals surface area contributed by atoms with Gasteiger partial charge in [-0.2, -0.15) is 0 Å². The average molecular weight is 206 g/mol. The Labute approximate surface area is 90.9 Å². The number of hydrogen-bond acceptors (Lipinski definition) is 2. The maximum absolute atomic E-state index is 9.55. The molecule has 0 spiro atoms. The van der Waals surface area contributed by atoms with Crippen LogP contribution in [0.1, 0.15) is 44.4 Å². The van der Waals surface area contributed by atoms with Crippen molar-refractivity contribution in [2.24, 2.45) is 0 Å². The summed E-state index contributed by atoms with van der Waals surface area (Å²) in [6, 6.07) is 5.36. The minimum atomic E-state index is -0.639. The van der Waals surface area contributed by atoms with Gasteiger partial charge in [0, 0.05) is 5.56 Å². The number of aliphatic hydroxyl groups excluding tert-OH is 1. The molecule has 15 heavy (non-hydrogen) atoms. The topological polar surface area (TPSA) is 40.5 Å². The van der Waals surface area contributed by atoms with Crippen molar-refractivity contribution >= 4 is 5.57 Å². The molecule has 0 saturated heterocycles. The first-order valence-corrected chi connectivity index (χ1v) is 5.26. The Hall–Kier alpha value is -1.28. The van der Waals surface area contributed by atoms with Gasteiger partial charge in [-0.25, -0.2) is 0 Å². The van der Waals surface area contributed by atoms with E-state index >= 15 is 0 Å². The monoisotopic (exact) mass is 206 g/mol. The summed E-state index contributed by atoms with van der Waals surface area (Å²) in [5.41, 5.74) is 2.87. The number of benzene rings is 1. The second kappa shape index (κ2) is 4.99. The van der Waals surface area contributed by atoms with Crippen molar-refractivity contribution in [2.45, 2.75) is 33.3 Å². The summed E-state index contributed by atoms with van der Waals surface area (Å²) in [5, 5.41) is 19.0. The van der Waals surface area contributed by atoms with Gasteiger partial charge in [-0.15, -0.1) is 0 Å². The van der Waals surface area contributed by atoms with E-state index in [9.17, 15) is 10.2 Å². The van der Waals surface area contributed by atoms with Crippen LogP contribution >= 0.6 is 0 Å². The van der Waals surface area contributed by atoms with E-state index in [-0.39, 0.29) is 5.75 Å². The molecule has 0 amide bonds. The molecule has 2 N–H and O–H groups in total. The zero-order chi connectivity index (χ0) is 11.4. The lowest BCUT2D eigenvalue weighted by Gasteiger charge is -2.11. The molecule has 0 heterocycles. The quantitative estimate of drug-likeness (QED) is 0.797. The molecule has 0 aliphatic rings. The highest BCUT2D eigenvalue weighted by Crippen LogP contribution is 2.28. The third-order valence-electron chi connectivity index (χ3n) is 2.58. The van der Waals surface area contributed by atoms with Gasteiger partial charge in [-0.05, 0) is 43.5 Å². The van der Waals surface area contributed by atoms with E-state index in [4.69, 9.17) is 0 Å². The van der Waals surface area contributed by atoms with Crippen LogP contribution in [0, 0.1) is 0 Å². The molecule has 0 radical (unpaired) electrons. The van der Waals surface area contributed by atoms with Gasteiger partial charge in [-0.1, -0.05) is 19.1 Å². The van der Waals surface area contributed by atoms with Crippen molar-refractivity contribution in [2.75, 3.05) is 0 Å². The second-order valence-corrected chi connectivity index (χ2v) is 3.62. The van der Waals surface area contributed by atoms with E-state index in [1.807, 2.05) is 19.1 Å². The lowest BCUT2D eigenvalue weighted by atomic mass is 9.98. The van der Waals surface area contributed by atoms with Gasteiger partial charge in [0.2, 0.25) is 0 Å². The van der Waals surface area contributed by atoms with Gasteiger partial charge in [0.1, 0.15) is 5.75 Å². The molecule has 1 aromatic carbocycles. The van der Waals surface area contributed by atoms with Crippen LogP contribution in [-0.4, -0.2) is 10.2 Å². The van der Waals surface area contributed by atoms with Crippen LogP contribution in [0.25, 0.3) is 5.57 Å². The van der Waals surface area contributed by atoms with E-state index in [1.165, 1.54) is 5.57 Å². The van der Waals surface area contributed by atoms with Gasteiger partial charge in [0.25, 0.3) is 0 Å². The lowest BCUT2D eigenvalue weighted by molar-refractivity contribution is 0.195. The summed E-state index contributed by atoms with van der Waals surface area (Å²) < 4.78 is 0. The van der Waals surface area contributed by atoms with Crippen LogP contribution < -0.4 is 0 Å². The largest absolute Gasteiger partial charge is 0.508 e. The molecule has 1 aromatic rings. The van der Waals surface area contributed by atoms with Crippen molar-refractivity contribution in [3.05, 3.63) is 35.4 Å². The van der Waals surface area contributed by atoms with Crippen LogP contribution in [0.15, 0.2) is 24.3 Å². The molecule has 1 rings (SSSR count). The van der Waals surface area contributed by atoms with Crippen LogP contribution in [0.5, 0.6) is 5.75 Å². The molecule has 0 saturated carbocycles. The van der Waals surface area contributed by atoms with Gasteiger partial charge in [0.15, 0.2) is 0 Å². The second-order valence-electron chi connectivity index (χ2n) is 3.62. The molecular weight excluding hydrogens is 188 g/mol. The smallest absolute Gasteiger partial charge is 0.121 e. The summed E-state index contributed by atoms with van der Waals surface area (Å²) in [7, 11) is 0. The number of aliphatic hydroxyl groups is 1. The summed E-state index contributed by atoms with van der Waals surface area (Å²) in [6.07, 6.45) is 2.36. The Kier molecular flexibility index (Phi) is 3.92. The Morgan fingerprint density at radius 2 is 2.13 bits per heavy atom. The van der Waals surface area contributed by atoms with Crippen LogP contribution in [0.3, 0.4) is 0 Å². The summed E-state index contributed by atoms with van der Waals surface area (Å²) >= 11 is 0. The lowest BCUT2D eigenvalue weighted by Crippen LogP contribution is -1.94. The van der Waals surface area contributed by atoms with E-state index in [0.717, 1.165) is 12.0 Å². The molecule has 0 aliphatic heterocycles. The molecule has 2 nitrogen and oxygen atoms in total. The van der Waals surface area contributed by atoms with E-state index in [2.05, 4.69) is 13.0 Å². The Bertz CT molecular complexity index is 365. The molecule has 82 valence electrons. The molecule has 0 aliphatic carbocycles. The van der Waals surface area contributed by atoms with Crippen molar-refractivity contribution in [1.29, 1.82) is 0 Å². The molecule has 0 bridgehead atoms. The van der Waals surface area contributed by atoms with Crippen LogP contribution in [0.2, 0.25) is 0 Å². The fourth-order valence-electron chi connectivity index (χ4n) is 1.66. The number of rotatable bonds is 3. The number of allylic oxidation sites excluding steroid dienone is 2. The summed E-state index contributed by atoms with van der Waals surface area (Å²) in [5.74, 6) is 0.153. The fraction of sp³-hybridized carbons (Fsp3) is 0.385. The van der Waals surface area contributed by atoms with E-state index in [0.29, 0.717) is 5.56 Å². The first-order valence-electron chi connectivity index (χ1n) is 5.26. The highest BCUT2D eigenvalue weighted by molar-refractivity contribution is 5.66. The van der Waals surface area contributed by atoms with Crippen molar-refractivity contribution in [3.8, 4) is 5.75 Å². The predicted molar refractivity (Wildman–Crippen MR) is 62.7 cm³/mol. The van der Waals surface area contributed by atoms with E-state index in [1.54, 1.807) is 13.0 Å². The highest BCUT2D eigenvalue weighted by Gasteiger charge is 2.09. The zero-order valence-electron chi connectivity index (χ0n) is 9.49. The number of aromatic hydroxyl groups is 1. The Morgan fingerprint density at radius 3 is 2.60 bits per heavy atom. The fourth-order valence-corrected chi connectivity index (χ4v) is 1.66.